The van der Waals surface area contributed by atoms with Crippen LogP contribution in [0.15, 0.2) is 6.33 Å². The summed E-state index contributed by atoms with van der Waals surface area (Å²) in [4.78, 5) is 18.3. The number of nitrogens with one attached hydrogen (secondary N) is 3. The Balaban J connectivity index is 1.65. The fourth-order valence-corrected chi connectivity index (χ4v) is 2.23. The van der Waals surface area contributed by atoms with Crippen LogP contribution in [0.4, 0.5) is 11.8 Å². The number of ether oxygens (including phenoxy) is 1. The highest BCUT2D eigenvalue weighted by Gasteiger charge is 2.11. The maximum absolute atomic E-state index is 5.34. The molecule has 3 heterocycles. The van der Waals surface area contributed by atoms with E-state index in [2.05, 4.69) is 35.5 Å². The smallest absolute Gasteiger partial charge is 0.226 e. The van der Waals surface area contributed by atoms with E-state index in [1.54, 1.807) is 13.4 Å². The highest BCUT2D eigenvalue weighted by molar-refractivity contribution is 5.83. The first-order valence-electron chi connectivity index (χ1n) is 6.79. The summed E-state index contributed by atoms with van der Waals surface area (Å²) in [6.45, 7) is 5.43. The minimum absolute atomic E-state index is 0.568. The third kappa shape index (κ3) is 2.81. The molecule has 0 bridgehead atoms. The average molecular weight is 277 g/mol. The number of nitrogens with zero attached hydrogens (tertiary/aromatic N) is 4. The monoisotopic (exact) mass is 277 g/mol. The van der Waals surface area contributed by atoms with Crippen LogP contribution in [-0.4, -0.2) is 71.3 Å². The lowest BCUT2D eigenvalue weighted by Crippen LogP contribution is -2.39. The number of anilines is 2. The summed E-state index contributed by atoms with van der Waals surface area (Å²) in [5.41, 5.74) is 1.50. The quantitative estimate of drug-likeness (QED) is 0.716. The van der Waals surface area contributed by atoms with Crippen LogP contribution in [0.1, 0.15) is 0 Å². The van der Waals surface area contributed by atoms with Crippen molar-refractivity contribution in [1.82, 2.24) is 24.8 Å². The molecule has 0 spiro atoms. The predicted molar refractivity (Wildman–Crippen MR) is 77.0 cm³/mol. The normalized spacial score (nSPS) is 16.4. The molecular formula is C12H19N7O. The van der Waals surface area contributed by atoms with Gasteiger partial charge in [0.25, 0.3) is 0 Å². The Morgan fingerprint density at radius 1 is 1.35 bits per heavy atom. The molecule has 0 aromatic carbocycles. The van der Waals surface area contributed by atoms with Crippen LogP contribution in [0, 0.1) is 0 Å². The molecule has 0 saturated carbocycles. The van der Waals surface area contributed by atoms with E-state index >= 15 is 0 Å². The van der Waals surface area contributed by atoms with Crippen LogP contribution in [0.5, 0.6) is 0 Å². The topological polar surface area (TPSA) is 91.0 Å². The van der Waals surface area contributed by atoms with Gasteiger partial charge in [-0.3, -0.25) is 4.90 Å². The van der Waals surface area contributed by atoms with E-state index in [9.17, 15) is 0 Å². The first-order chi connectivity index (χ1) is 9.86. The van der Waals surface area contributed by atoms with E-state index in [0.29, 0.717) is 11.6 Å². The second-order valence-electron chi connectivity index (χ2n) is 4.63. The van der Waals surface area contributed by atoms with Gasteiger partial charge >= 0.3 is 0 Å². The number of hydrogen-bond acceptors (Lipinski definition) is 7. The second-order valence-corrected chi connectivity index (χ2v) is 4.63. The molecule has 3 rings (SSSR count). The summed E-state index contributed by atoms with van der Waals surface area (Å²) < 4.78 is 5.34. The van der Waals surface area contributed by atoms with E-state index < -0.39 is 0 Å². The van der Waals surface area contributed by atoms with Crippen LogP contribution < -0.4 is 10.6 Å². The molecule has 8 heteroatoms. The molecule has 2 aromatic rings. The van der Waals surface area contributed by atoms with Crippen molar-refractivity contribution < 1.29 is 4.74 Å². The van der Waals surface area contributed by atoms with Crippen LogP contribution in [0.3, 0.4) is 0 Å². The van der Waals surface area contributed by atoms with Crippen molar-refractivity contribution >= 4 is 22.9 Å². The molecule has 1 saturated heterocycles. The van der Waals surface area contributed by atoms with Crippen molar-refractivity contribution in [3.63, 3.8) is 0 Å². The van der Waals surface area contributed by atoms with Gasteiger partial charge in [-0.2, -0.15) is 9.97 Å². The van der Waals surface area contributed by atoms with Crippen molar-refractivity contribution in [3.8, 4) is 0 Å². The van der Waals surface area contributed by atoms with Gasteiger partial charge in [0.1, 0.15) is 5.52 Å². The lowest BCUT2D eigenvalue weighted by atomic mass is 10.4. The summed E-state index contributed by atoms with van der Waals surface area (Å²) in [6, 6.07) is 0. The fourth-order valence-electron chi connectivity index (χ4n) is 2.23. The van der Waals surface area contributed by atoms with E-state index in [0.717, 1.165) is 50.7 Å². The van der Waals surface area contributed by atoms with Gasteiger partial charge in [0.05, 0.1) is 19.5 Å². The van der Waals surface area contributed by atoms with Gasteiger partial charge in [-0.15, -0.1) is 0 Å². The summed E-state index contributed by atoms with van der Waals surface area (Å²) >= 11 is 0. The molecule has 0 radical (unpaired) electrons. The van der Waals surface area contributed by atoms with E-state index in [1.807, 2.05) is 0 Å². The first-order valence-corrected chi connectivity index (χ1v) is 6.79. The van der Waals surface area contributed by atoms with Gasteiger partial charge in [-0.25, -0.2) is 4.98 Å². The molecule has 1 aliphatic heterocycles. The number of hydrogen-bond donors (Lipinski definition) is 3. The first kappa shape index (κ1) is 13.1. The van der Waals surface area contributed by atoms with E-state index in [-0.39, 0.29) is 0 Å². The minimum Gasteiger partial charge on any atom is -0.379 e. The maximum Gasteiger partial charge on any atom is 0.226 e. The summed E-state index contributed by atoms with van der Waals surface area (Å²) in [5, 5.41) is 6.30. The molecule has 20 heavy (non-hydrogen) atoms. The van der Waals surface area contributed by atoms with Crippen LogP contribution in [0.25, 0.3) is 11.2 Å². The van der Waals surface area contributed by atoms with Crippen molar-refractivity contribution in [2.24, 2.45) is 0 Å². The number of aromatic nitrogens is 4. The van der Waals surface area contributed by atoms with E-state index in [4.69, 9.17) is 4.74 Å². The zero-order valence-corrected chi connectivity index (χ0v) is 11.5. The molecule has 0 unspecified atom stereocenters. The number of H-pyrrole nitrogens is 1. The molecule has 108 valence electrons. The predicted octanol–water partition coefficient (Wildman–Crippen LogP) is 0.139. The maximum atomic E-state index is 5.34. The molecule has 0 atom stereocenters. The fraction of sp³-hybridized carbons (Fsp3) is 0.583. The molecule has 1 fully saturated rings. The summed E-state index contributed by atoms with van der Waals surface area (Å²) in [6.07, 6.45) is 1.63. The third-order valence-electron chi connectivity index (χ3n) is 3.33. The molecule has 1 aliphatic rings. The van der Waals surface area contributed by atoms with Crippen molar-refractivity contribution in [3.05, 3.63) is 6.33 Å². The molecule has 0 aliphatic carbocycles. The third-order valence-corrected chi connectivity index (χ3v) is 3.33. The molecule has 2 aromatic heterocycles. The van der Waals surface area contributed by atoms with Crippen molar-refractivity contribution in [2.75, 3.05) is 57.1 Å². The Labute approximate surface area is 117 Å². The van der Waals surface area contributed by atoms with Gasteiger partial charge in [0.15, 0.2) is 11.5 Å². The largest absolute Gasteiger partial charge is 0.379 e. The average Bonchev–Trinajstić information content (AvgIpc) is 2.96. The molecular weight excluding hydrogens is 258 g/mol. The summed E-state index contributed by atoms with van der Waals surface area (Å²) in [5.74, 6) is 1.35. The Kier molecular flexibility index (Phi) is 3.93. The Morgan fingerprint density at radius 2 is 2.20 bits per heavy atom. The number of rotatable bonds is 5. The molecule has 0 amide bonds. The van der Waals surface area contributed by atoms with Crippen LogP contribution >= 0.6 is 0 Å². The highest BCUT2D eigenvalue weighted by Crippen LogP contribution is 2.17. The highest BCUT2D eigenvalue weighted by atomic mass is 16.5. The zero-order chi connectivity index (χ0) is 13.8. The zero-order valence-electron chi connectivity index (χ0n) is 11.5. The molecule has 3 N–H and O–H groups in total. The number of fused-ring (bicyclic) bond motifs is 1. The van der Waals surface area contributed by atoms with Gasteiger partial charge in [-0.05, 0) is 0 Å². The van der Waals surface area contributed by atoms with Crippen molar-refractivity contribution in [1.29, 1.82) is 0 Å². The standard InChI is InChI=1S/C12H19N7O/c1-13-12-17-10(9-11(18-12)16-8-15-9)14-2-3-19-4-6-20-7-5-19/h8H,2-7H2,1H3,(H3,13,14,15,16,17,18). The van der Waals surface area contributed by atoms with E-state index in [1.165, 1.54) is 0 Å². The minimum atomic E-state index is 0.568. The van der Waals surface area contributed by atoms with Gasteiger partial charge in [-0.1, -0.05) is 0 Å². The van der Waals surface area contributed by atoms with Crippen LogP contribution in [-0.2, 0) is 4.74 Å². The number of imidazole rings is 1. The number of aromatic amines is 1. The Morgan fingerprint density at radius 3 is 3.00 bits per heavy atom. The Bertz CT molecular complexity index is 564. The second kappa shape index (κ2) is 6.02. The lowest BCUT2D eigenvalue weighted by Gasteiger charge is -2.26. The molecule has 8 nitrogen and oxygen atoms in total. The SMILES string of the molecule is CNc1nc(NCCN2CCOCC2)c2[nH]cnc2n1. The van der Waals surface area contributed by atoms with Gasteiger partial charge < -0.3 is 20.4 Å². The lowest BCUT2D eigenvalue weighted by molar-refractivity contribution is 0.0398. The van der Waals surface area contributed by atoms with Gasteiger partial charge in [0.2, 0.25) is 5.95 Å². The van der Waals surface area contributed by atoms with Crippen molar-refractivity contribution in [2.45, 2.75) is 0 Å². The van der Waals surface area contributed by atoms with Gasteiger partial charge in [0, 0.05) is 33.2 Å². The summed E-state index contributed by atoms with van der Waals surface area (Å²) in [7, 11) is 1.80. The Hall–Kier alpha value is -1.93. The number of morpholine rings is 1. The van der Waals surface area contributed by atoms with Crippen LogP contribution in [0.2, 0.25) is 0 Å².